The van der Waals surface area contributed by atoms with E-state index in [1.54, 1.807) is 0 Å². The van der Waals surface area contributed by atoms with Crippen LogP contribution >= 0.6 is 0 Å². The van der Waals surface area contributed by atoms with Gasteiger partial charge in [0.05, 0.1) is 10.7 Å². The van der Waals surface area contributed by atoms with Gasteiger partial charge in [0, 0.05) is 12.8 Å². The molecule has 0 amide bonds. The Kier molecular flexibility index (Phi) is 4.33. The quantitative estimate of drug-likeness (QED) is 0.341. The lowest BCUT2D eigenvalue weighted by atomic mass is 10.4. The first-order valence-corrected chi connectivity index (χ1v) is 6.79. The molecule has 1 rings (SSSR count). The third kappa shape index (κ3) is 3.78. The van der Waals surface area contributed by atoms with Crippen LogP contribution in [0.1, 0.15) is 0 Å². The van der Waals surface area contributed by atoms with Crippen LogP contribution in [0.25, 0.3) is 0 Å². The average molecular weight is 276 g/mol. The lowest BCUT2D eigenvalue weighted by Crippen LogP contribution is -2.17. The highest BCUT2D eigenvalue weighted by Crippen LogP contribution is 2.27. The number of rotatable bonds is 6. The fourth-order valence-electron chi connectivity index (χ4n) is 1.14. The monoisotopic (exact) mass is 276 g/mol. The molecule has 0 aliphatic rings. The Morgan fingerprint density at radius 2 is 2.06 bits per heavy atom. The van der Waals surface area contributed by atoms with Crippen LogP contribution in [0, 0.1) is 10.1 Å². The van der Waals surface area contributed by atoms with Gasteiger partial charge in [-0.1, -0.05) is 0 Å². The van der Waals surface area contributed by atoms with E-state index >= 15 is 0 Å². The van der Waals surface area contributed by atoms with E-state index < -0.39 is 20.4 Å². The Morgan fingerprint density at radius 1 is 1.44 bits per heavy atom. The lowest BCUT2D eigenvalue weighted by Gasteiger charge is -2.07. The smallest absolute Gasteiger partial charge is 0.354 e. The molecule has 0 unspecified atom stereocenters. The first-order chi connectivity index (χ1) is 8.35. The number of hydrogen-bond donors (Lipinski definition) is 3. The molecule has 11 heteroatoms. The van der Waals surface area contributed by atoms with Crippen LogP contribution in [0.4, 0.5) is 17.3 Å². The first kappa shape index (κ1) is 14.1. The number of hydrogen-bond acceptors (Lipinski definition) is 9. The Morgan fingerprint density at radius 3 is 2.56 bits per heavy atom. The van der Waals surface area contributed by atoms with Gasteiger partial charge in [-0.2, -0.15) is 0 Å². The number of nitrogens with zero attached hydrogens (tertiary/aromatic N) is 3. The maximum absolute atomic E-state index is 10.9. The minimum absolute atomic E-state index is 0.000693. The molecule has 0 saturated heterocycles. The topological polar surface area (TPSA) is 153 Å². The maximum Gasteiger partial charge on any atom is 0.354 e. The highest BCUT2D eigenvalue weighted by atomic mass is 32.2. The second kappa shape index (κ2) is 5.55. The zero-order chi connectivity index (χ0) is 13.8. The predicted octanol–water partition coefficient (Wildman–Crippen LogP) is -0.873. The van der Waals surface area contributed by atoms with Crippen LogP contribution in [0.15, 0.2) is 6.33 Å². The molecule has 0 bridgehead atoms. The molecule has 1 heterocycles. The van der Waals surface area contributed by atoms with Crippen LogP contribution in [-0.2, 0) is 9.84 Å². The van der Waals surface area contributed by atoms with Crippen molar-refractivity contribution in [3.05, 3.63) is 16.4 Å². The minimum atomic E-state index is -3.16. The van der Waals surface area contributed by atoms with E-state index in [4.69, 9.17) is 5.84 Å². The van der Waals surface area contributed by atoms with Gasteiger partial charge in [-0.15, -0.1) is 0 Å². The Hall–Kier alpha value is -2.01. The standard InChI is InChI=1S/C7H12N6O4S/c1-18(16,17)3-2-9-6-5(13(14)15)7(12-8)11-4-10-6/h4H,2-3,8H2,1H3,(H2,9,10,11,12). The molecule has 0 saturated carbocycles. The fourth-order valence-corrected chi connectivity index (χ4v) is 1.61. The van der Waals surface area contributed by atoms with Crippen LogP contribution in [-0.4, -0.2) is 41.9 Å². The Bertz CT molecular complexity index is 545. The molecule has 0 atom stereocenters. The molecule has 0 radical (unpaired) electrons. The number of nitrogens with one attached hydrogen (secondary N) is 2. The van der Waals surface area contributed by atoms with Gasteiger partial charge in [-0.3, -0.25) is 10.1 Å². The van der Waals surface area contributed by atoms with Crippen molar-refractivity contribution in [3.8, 4) is 0 Å². The largest absolute Gasteiger partial charge is 0.363 e. The van der Waals surface area contributed by atoms with Gasteiger partial charge in [0.2, 0.25) is 11.6 Å². The summed E-state index contributed by atoms with van der Waals surface area (Å²) in [6.07, 6.45) is 2.14. The Labute approximate surface area is 103 Å². The molecule has 1 aromatic heterocycles. The lowest BCUT2D eigenvalue weighted by molar-refractivity contribution is -0.383. The van der Waals surface area contributed by atoms with E-state index in [1.807, 2.05) is 0 Å². The molecule has 0 spiro atoms. The SMILES string of the molecule is CS(=O)(=O)CCNc1ncnc(NN)c1[N+](=O)[O-]. The number of nitrogens with two attached hydrogens (primary N) is 1. The maximum atomic E-state index is 10.9. The van der Waals surface area contributed by atoms with E-state index in [0.717, 1.165) is 12.6 Å². The summed E-state index contributed by atoms with van der Waals surface area (Å²) in [6.45, 7) is 0.000693. The van der Waals surface area contributed by atoms with Gasteiger partial charge in [-0.05, 0) is 0 Å². The van der Waals surface area contributed by atoms with E-state index in [-0.39, 0.29) is 23.9 Å². The van der Waals surface area contributed by atoms with Gasteiger partial charge >= 0.3 is 5.69 Å². The summed E-state index contributed by atoms with van der Waals surface area (Å²) in [4.78, 5) is 17.4. The molecule has 100 valence electrons. The predicted molar refractivity (Wildman–Crippen MR) is 64.7 cm³/mol. The van der Waals surface area contributed by atoms with Crippen LogP contribution in [0.2, 0.25) is 0 Å². The van der Waals surface area contributed by atoms with Crippen molar-refractivity contribution < 1.29 is 13.3 Å². The molecule has 0 fully saturated rings. The third-order valence-electron chi connectivity index (χ3n) is 1.91. The van der Waals surface area contributed by atoms with Crippen molar-refractivity contribution in [2.75, 3.05) is 29.3 Å². The van der Waals surface area contributed by atoms with Gasteiger partial charge in [0.1, 0.15) is 16.2 Å². The van der Waals surface area contributed by atoms with Crippen LogP contribution in [0.5, 0.6) is 0 Å². The summed E-state index contributed by atoms with van der Waals surface area (Å²) in [5, 5.41) is 13.4. The van der Waals surface area contributed by atoms with E-state index in [1.165, 1.54) is 0 Å². The molecule has 1 aromatic rings. The molecular weight excluding hydrogens is 264 g/mol. The summed E-state index contributed by atoms with van der Waals surface area (Å²) in [7, 11) is -3.16. The minimum Gasteiger partial charge on any atom is -0.363 e. The number of nitrogen functional groups attached to an aromatic ring is 1. The number of anilines is 2. The zero-order valence-electron chi connectivity index (χ0n) is 9.45. The van der Waals surface area contributed by atoms with Crippen molar-refractivity contribution in [1.29, 1.82) is 0 Å². The normalized spacial score (nSPS) is 11.0. The molecule has 0 aliphatic carbocycles. The molecule has 18 heavy (non-hydrogen) atoms. The number of aromatic nitrogens is 2. The fraction of sp³-hybridized carbons (Fsp3) is 0.429. The van der Waals surface area contributed by atoms with Crippen molar-refractivity contribution >= 4 is 27.2 Å². The number of nitro groups is 1. The van der Waals surface area contributed by atoms with Gasteiger partial charge < -0.3 is 10.7 Å². The number of hydrazine groups is 1. The molecule has 0 aliphatic heterocycles. The highest BCUT2D eigenvalue weighted by Gasteiger charge is 2.22. The summed E-state index contributed by atoms with van der Waals surface area (Å²) >= 11 is 0. The first-order valence-electron chi connectivity index (χ1n) is 4.72. The molecule has 0 aromatic carbocycles. The molecule has 4 N–H and O–H groups in total. The van der Waals surface area contributed by atoms with Crippen LogP contribution < -0.4 is 16.6 Å². The van der Waals surface area contributed by atoms with E-state index in [0.29, 0.717) is 0 Å². The van der Waals surface area contributed by atoms with Gasteiger partial charge in [0.25, 0.3) is 0 Å². The van der Waals surface area contributed by atoms with E-state index in [2.05, 4.69) is 20.7 Å². The van der Waals surface area contributed by atoms with Crippen molar-refractivity contribution in [2.24, 2.45) is 5.84 Å². The summed E-state index contributed by atoms with van der Waals surface area (Å²) < 4.78 is 21.8. The molecular formula is C7H12N6O4S. The third-order valence-corrected chi connectivity index (χ3v) is 2.85. The second-order valence-corrected chi connectivity index (χ2v) is 5.64. The van der Waals surface area contributed by atoms with E-state index in [9.17, 15) is 18.5 Å². The average Bonchev–Trinajstić information content (AvgIpc) is 2.26. The van der Waals surface area contributed by atoms with Crippen molar-refractivity contribution in [1.82, 2.24) is 9.97 Å². The Balaban J connectivity index is 2.92. The highest BCUT2D eigenvalue weighted by molar-refractivity contribution is 7.90. The summed E-state index contributed by atoms with van der Waals surface area (Å²) in [6, 6.07) is 0. The molecule has 10 nitrogen and oxygen atoms in total. The van der Waals surface area contributed by atoms with Crippen molar-refractivity contribution in [2.45, 2.75) is 0 Å². The van der Waals surface area contributed by atoms with Gasteiger partial charge in [-0.25, -0.2) is 24.2 Å². The zero-order valence-corrected chi connectivity index (χ0v) is 10.3. The summed E-state index contributed by atoms with van der Waals surface area (Å²) in [5.41, 5.74) is 1.64. The second-order valence-electron chi connectivity index (χ2n) is 3.38. The van der Waals surface area contributed by atoms with Crippen molar-refractivity contribution in [3.63, 3.8) is 0 Å². The van der Waals surface area contributed by atoms with Gasteiger partial charge in [0.15, 0.2) is 0 Å². The van der Waals surface area contributed by atoms with Crippen LogP contribution in [0.3, 0.4) is 0 Å². The number of sulfone groups is 1. The summed E-state index contributed by atoms with van der Waals surface area (Å²) in [5.74, 6) is 4.67.